The maximum atomic E-state index is 10.5. The normalized spacial score (nSPS) is 9.67. The van der Waals surface area contributed by atoms with Crippen LogP contribution < -0.4 is 10.5 Å². The lowest BCUT2D eigenvalue weighted by Gasteiger charge is -2.08. The number of nitrogens with zero attached hydrogens (tertiary/aromatic N) is 1. The van der Waals surface area contributed by atoms with Gasteiger partial charge in [-0.05, 0) is 29.3 Å². The van der Waals surface area contributed by atoms with Crippen molar-refractivity contribution in [3.8, 4) is 5.75 Å². The third-order valence-corrected chi connectivity index (χ3v) is 2.06. The number of nitrogens with two attached hydrogens (primary N) is 1. The second kappa shape index (κ2) is 5.09. The molecule has 0 fully saturated rings. The molecule has 1 rings (SSSR count). The summed E-state index contributed by atoms with van der Waals surface area (Å²) in [6.07, 6.45) is 1.59. The molecule has 0 aliphatic heterocycles. The average molecular weight is 208 g/mol. The van der Waals surface area contributed by atoms with E-state index in [1.807, 2.05) is 0 Å². The summed E-state index contributed by atoms with van der Waals surface area (Å²) >= 11 is 0. The number of hydrogen-bond acceptors (Lipinski definition) is 5. The second-order valence-corrected chi connectivity index (χ2v) is 3.02. The summed E-state index contributed by atoms with van der Waals surface area (Å²) in [5.41, 5.74) is 6.90. The molecule has 0 aliphatic rings. The number of aryl methyl sites for hydroxylation is 1. The minimum Gasteiger partial charge on any atom is -0.495 e. The monoisotopic (exact) mass is 208 g/mol. The number of nitrogen functional groups attached to an aromatic ring is 1. The quantitative estimate of drug-likeness (QED) is 0.454. The zero-order valence-electron chi connectivity index (χ0n) is 8.40. The molecule has 1 aromatic rings. The van der Waals surface area contributed by atoms with Crippen molar-refractivity contribution in [1.29, 1.82) is 0 Å². The SMILES string of the molecule is COc1cc(CCC=O)c(N=O)cc1N. The zero-order valence-corrected chi connectivity index (χ0v) is 8.40. The smallest absolute Gasteiger partial charge is 0.142 e. The summed E-state index contributed by atoms with van der Waals surface area (Å²) in [7, 11) is 1.49. The Morgan fingerprint density at radius 2 is 2.27 bits per heavy atom. The standard InChI is InChI=1S/C10H12N2O3/c1-15-10-5-7(3-2-4-13)9(12-14)6-8(10)11/h4-6H,2-3,11H2,1H3. The molecule has 80 valence electrons. The number of methoxy groups -OCH3 is 1. The van der Waals surface area contributed by atoms with Gasteiger partial charge >= 0.3 is 0 Å². The van der Waals surface area contributed by atoms with Gasteiger partial charge in [-0.3, -0.25) is 0 Å². The fraction of sp³-hybridized carbons (Fsp3) is 0.300. The number of benzene rings is 1. The van der Waals surface area contributed by atoms with Crippen LogP contribution in [0.3, 0.4) is 0 Å². The van der Waals surface area contributed by atoms with Crippen molar-refractivity contribution in [2.45, 2.75) is 12.8 Å². The van der Waals surface area contributed by atoms with E-state index in [0.29, 0.717) is 29.8 Å². The average Bonchev–Trinajstić information content (AvgIpc) is 2.26. The lowest BCUT2D eigenvalue weighted by molar-refractivity contribution is -0.107. The van der Waals surface area contributed by atoms with Gasteiger partial charge in [-0.2, -0.15) is 0 Å². The highest BCUT2D eigenvalue weighted by molar-refractivity contribution is 5.65. The third-order valence-electron chi connectivity index (χ3n) is 2.06. The molecule has 15 heavy (non-hydrogen) atoms. The summed E-state index contributed by atoms with van der Waals surface area (Å²) in [4.78, 5) is 20.7. The molecule has 0 unspecified atom stereocenters. The first kappa shape index (κ1) is 11.2. The van der Waals surface area contributed by atoms with Crippen molar-refractivity contribution in [3.05, 3.63) is 22.6 Å². The van der Waals surface area contributed by atoms with Gasteiger partial charge in [-0.15, -0.1) is 4.91 Å². The highest BCUT2D eigenvalue weighted by Crippen LogP contribution is 2.31. The molecular formula is C10H12N2O3. The van der Waals surface area contributed by atoms with Crippen molar-refractivity contribution in [1.82, 2.24) is 0 Å². The highest BCUT2D eigenvalue weighted by atomic mass is 16.5. The summed E-state index contributed by atoms with van der Waals surface area (Å²) in [6, 6.07) is 3.08. The first-order valence-corrected chi connectivity index (χ1v) is 4.46. The number of anilines is 1. The molecule has 0 bridgehead atoms. The van der Waals surface area contributed by atoms with E-state index < -0.39 is 0 Å². The van der Waals surface area contributed by atoms with Gasteiger partial charge < -0.3 is 15.3 Å². The van der Waals surface area contributed by atoms with E-state index in [1.165, 1.54) is 13.2 Å². The number of carbonyl (C=O) groups excluding carboxylic acids is 1. The van der Waals surface area contributed by atoms with E-state index in [9.17, 15) is 9.70 Å². The Balaban J connectivity index is 3.09. The minimum absolute atomic E-state index is 0.259. The molecule has 0 aliphatic carbocycles. The first-order chi connectivity index (χ1) is 7.22. The van der Waals surface area contributed by atoms with E-state index in [-0.39, 0.29) is 5.69 Å². The number of ether oxygens (including phenoxy) is 1. The van der Waals surface area contributed by atoms with Crippen LogP contribution in [0.15, 0.2) is 17.3 Å². The summed E-state index contributed by atoms with van der Waals surface area (Å²) in [6.45, 7) is 0. The molecular weight excluding hydrogens is 196 g/mol. The Bertz CT molecular complexity index is 377. The van der Waals surface area contributed by atoms with Gasteiger partial charge in [-0.1, -0.05) is 0 Å². The molecule has 0 heterocycles. The van der Waals surface area contributed by atoms with Gasteiger partial charge in [0.1, 0.15) is 17.7 Å². The van der Waals surface area contributed by atoms with E-state index in [4.69, 9.17) is 10.5 Å². The van der Waals surface area contributed by atoms with Crippen LogP contribution in [-0.2, 0) is 11.2 Å². The maximum Gasteiger partial charge on any atom is 0.142 e. The van der Waals surface area contributed by atoms with Crippen LogP contribution in [-0.4, -0.2) is 13.4 Å². The number of hydrogen-bond donors (Lipinski definition) is 1. The van der Waals surface area contributed by atoms with Crippen molar-refractivity contribution in [3.63, 3.8) is 0 Å². The topological polar surface area (TPSA) is 81.8 Å². The maximum absolute atomic E-state index is 10.5. The molecule has 0 radical (unpaired) electrons. The predicted octanol–water partition coefficient (Wildman–Crippen LogP) is 1.81. The molecule has 0 atom stereocenters. The molecule has 0 saturated heterocycles. The van der Waals surface area contributed by atoms with Gasteiger partial charge in [0, 0.05) is 6.42 Å². The fourth-order valence-corrected chi connectivity index (χ4v) is 1.30. The van der Waals surface area contributed by atoms with Crippen LogP contribution >= 0.6 is 0 Å². The molecule has 0 spiro atoms. The van der Waals surface area contributed by atoms with E-state index >= 15 is 0 Å². The molecule has 0 amide bonds. The second-order valence-electron chi connectivity index (χ2n) is 3.02. The van der Waals surface area contributed by atoms with Crippen LogP contribution in [0, 0.1) is 4.91 Å². The fourth-order valence-electron chi connectivity index (χ4n) is 1.30. The Morgan fingerprint density at radius 1 is 1.53 bits per heavy atom. The first-order valence-electron chi connectivity index (χ1n) is 4.46. The third kappa shape index (κ3) is 2.52. The van der Waals surface area contributed by atoms with Gasteiger partial charge in [0.05, 0.1) is 12.8 Å². The number of aldehydes is 1. The highest BCUT2D eigenvalue weighted by Gasteiger charge is 2.08. The van der Waals surface area contributed by atoms with Crippen molar-refractivity contribution >= 4 is 17.7 Å². The van der Waals surface area contributed by atoms with Crippen LogP contribution in [0.2, 0.25) is 0 Å². The lowest BCUT2D eigenvalue weighted by atomic mass is 10.1. The van der Waals surface area contributed by atoms with Gasteiger partial charge in [-0.25, -0.2) is 0 Å². The number of rotatable bonds is 5. The van der Waals surface area contributed by atoms with Crippen molar-refractivity contribution in [2.24, 2.45) is 5.18 Å². The van der Waals surface area contributed by atoms with Gasteiger partial charge in [0.2, 0.25) is 0 Å². The summed E-state index contributed by atoms with van der Waals surface area (Å²) < 4.78 is 5.01. The summed E-state index contributed by atoms with van der Waals surface area (Å²) in [5, 5.41) is 2.86. The molecule has 0 saturated carbocycles. The van der Waals surface area contributed by atoms with Crippen molar-refractivity contribution in [2.75, 3.05) is 12.8 Å². The number of carbonyl (C=O) groups is 1. The lowest BCUT2D eigenvalue weighted by Crippen LogP contribution is -1.95. The molecule has 5 nitrogen and oxygen atoms in total. The minimum atomic E-state index is 0.259. The molecule has 5 heteroatoms. The van der Waals surface area contributed by atoms with E-state index in [2.05, 4.69) is 5.18 Å². The van der Waals surface area contributed by atoms with E-state index in [0.717, 1.165) is 6.29 Å². The Hall–Kier alpha value is -1.91. The van der Waals surface area contributed by atoms with Gasteiger partial charge in [0.15, 0.2) is 0 Å². The van der Waals surface area contributed by atoms with Crippen LogP contribution in [0.25, 0.3) is 0 Å². The summed E-state index contributed by atoms with van der Waals surface area (Å²) in [5.74, 6) is 0.489. The zero-order chi connectivity index (χ0) is 11.3. The van der Waals surface area contributed by atoms with Crippen LogP contribution in [0.5, 0.6) is 5.75 Å². The number of nitroso groups, excluding NO2 is 1. The largest absolute Gasteiger partial charge is 0.495 e. The van der Waals surface area contributed by atoms with E-state index in [1.54, 1.807) is 6.07 Å². The Kier molecular flexibility index (Phi) is 3.79. The molecule has 1 aromatic carbocycles. The van der Waals surface area contributed by atoms with Gasteiger partial charge in [0.25, 0.3) is 0 Å². The van der Waals surface area contributed by atoms with Crippen molar-refractivity contribution < 1.29 is 9.53 Å². The molecule has 0 aromatic heterocycles. The Labute approximate surface area is 87.2 Å². The van der Waals surface area contributed by atoms with Crippen LogP contribution in [0.4, 0.5) is 11.4 Å². The van der Waals surface area contributed by atoms with Crippen LogP contribution in [0.1, 0.15) is 12.0 Å². The molecule has 2 N–H and O–H groups in total. The Morgan fingerprint density at radius 3 is 2.80 bits per heavy atom. The predicted molar refractivity (Wildman–Crippen MR) is 57.2 cm³/mol.